The molecule has 2 aliphatic rings. The van der Waals surface area contributed by atoms with Crippen molar-refractivity contribution in [2.45, 2.75) is 181 Å². The molecule has 0 bridgehead atoms. The summed E-state index contributed by atoms with van der Waals surface area (Å²) < 4.78 is 5.88. The number of aromatic nitrogens is 1. The minimum absolute atomic E-state index is 0.0495. The number of amides is 6. The lowest BCUT2D eigenvalue weighted by atomic mass is 9.90. The van der Waals surface area contributed by atoms with Crippen LogP contribution in [0.5, 0.6) is 0 Å². The lowest BCUT2D eigenvalue weighted by Crippen LogP contribution is -2.59. The summed E-state index contributed by atoms with van der Waals surface area (Å²) >= 11 is 1.14. The van der Waals surface area contributed by atoms with Crippen molar-refractivity contribution in [3.05, 3.63) is 58.1 Å². The molecule has 428 valence electrons. The second-order valence-corrected chi connectivity index (χ2v) is 22.3. The molecule has 1 aromatic carbocycles. The van der Waals surface area contributed by atoms with Gasteiger partial charge in [-0.05, 0) is 120 Å². The number of aliphatic carboxylic acids is 1. The number of rotatable bonds is 33. The lowest BCUT2D eigenvalue weighted by Gasteiger charge is -2.40. The number of nitrogens with one attached hydrogen (secondary N) is 4. The quantitative estimate of drug-likeness (QED) is 0.0200. The van der Waals surface area contributed by atoms with Crippen LogP contribution in [0.2, 0.25) is 0 Å². The summed E-state index contributed by atoms with van der Waals surface area (Å²) in [7, 11) is 1.94. The molecule has 21 heteroatoms. The Bertz CT molecular complexity index is 2290. The molecule has 4 rings (SSSR count). The molecule has 1 aromatic heterocycles. The van der Waals surface area contributed by atoms with Gasteiger partial charge >= 0.3 is 11.9 Å². The predicted molar refractivity (Wildman–Crippen MR) is 295 cm³/mol. The Morgan fingerprint density at radius 3 is 2.23 bits per heavy atom. The summed E-state index contributed by atoms with van der Waals surface area (Å²) in [5.41, 5.74) is 7.10. The number of carbonyl (C=O) groups is 8. The normalized spacial score (nSPS) is 18.9. The van der Waals surface area contributed by atoms with Gasteiger partial charge in [-0.1, -0.05) is 66.5 Å². The molecule has 77 heavy (non-hydrogen) atoms. The van der Waals surface area contributed by atoms with Crippen LogP contribution in [0.3, 0.4) is 0 Å². The first-order valence-corrected chi connectivity index (χ1v) is 28.5. The van der Waals surface area contributed by atoms with Gasteiger partial charge in [0.2, 0.25) is 17.7 Å². The van der Waals surface area contributed by atoms with E-state index in [0.717, 1.165) is 29.9 Å². The van der Waals surface area contributed by atoms with E-state index in [2.05, 4.69) is 33.2 Å². The third kappa shape index (κ3) is 19.9. The van der Waals surface area contributed by atoms with Crippen molar-refractivity contribution >= 4 is 64.4 Å². The van der Waals surface area contributed by atoms with Crippen molar-refractivity contribution in [2.75, 3.05) is 38.5 Å². The molecular weight excluding hydrogens is 1010 g/mol. The number of benzene rings is 1. The number of carboxylic acid groups (broad SMARTS) is 1. The fourth-order valence-electron chi connectivity index (χ4n) is 9.90. The van der Waals surface area contributed by atoms with Gasteiger partial charge < -0.3 is 46.9 Å². The largest absolute Gasteiger partial charge is 0.481 e. The topological polar surface area (TPSA) is 283 Å². The van der Waals surface area contributed by atoms with E-state index in [4.69, 9.17) is 10.5 Å². The highest BCUT2D eigenvalue weighted by Crippen LogP contribution is 2.32. The zero-order valence-corrected chi connectivity index (χ0v) is 47.6. The molecule has 3 heterocycles. The molecule has 20 nitrogen and oxygen atoms in total. The second kappa shape index (κ2) is 31.6. The van der Waals surface area contributed by atoms with Crippen LogP contribution in [-0.2, 0) is 44.7 Å². The Labute approximate surface area is 459 Å². The maximum atomic E-state index is 14.6. The molecule has 10 atom stereocenters. The van der Waals surface area contributed by atoms with E-state index in [1.165, 1.54) is 24.0 Å². The number of carbonyl (C=O) groups excluding carboxylic acids is 7. The fourth-order valence-corrected chi connectivity index (χ4v) is 10.7. The summed E-state index contributed by atoms with van der Waals surface area (Å²) in [5.74, 6) is -4.14. The van der Waals surface area contributed by atoms with Crippen molar-refractivity contribution in [2.24, 2.45) is 29.4 Å². The number of piperidine rings is 1. The van der Waals surface area contributed by atoms with Crippen molar-refractivity contribution < 1.29 is 53.3 Å². The highest BCUT2D eigenvalue weighted by Gasteiger charge is 2.39. The van der Waals surface area contributed by atoms with Crippen LogP contribution in [0.15, 0.2) is 41.8 Å². The van der Waals surface area contributed by atoms with E-state index in [-0.39, 0.29) is 85.3 Å². The summed E-state index contributed by atoms with van der Waals surface area (Å²) in [6.45, 7) is 16.7. The van der Waals surface area contributed by atoms with Gasteiger partial charge in [0.25, 0.3) is 17.7 Å². The number of nitrogens with zero attached hydrogens (tertiary/aromatic N) is 4. The maximum absolute atomic E-state index is 14.6. The number of imide groups is 1. The van der Waals surface area contributed by atoms with Crippen LogP contribution in [-0.4, -0.2) is 147 Å². The molecule has 1 unspecified atom stereocenters. The summed E-state index contributed by atoms with van der Waals surface area (Å²) in [6.07, 6.45) is 7.07. The highest BCUT2D eigenvalue weighted by molar-refractivity contribution is 7.09. The van der Waals surface area contributed by atoms with Crippen LogP contribution in [0.1, 0.15) is 160 Å². The van der Waals surface area contributed by atoms with E-state index in [9.17, 15) is 48.6 Å². The summed E-state index contributed by atoms with van der Waals surface area (Å²) in [4.78, 5) is 113. The van der Waals surface area contributed by atoms with Gasteiger partial charge in [-0.3, -0.25) is 48.2 Å². The first kappa shape index (κ1) is 63.8. The monoisotopic (exact) mass is 1090 g/mol. The lowest BCUT2D eigenvalue weighted by molar-refractivity contribution is -0.150. The molecule has 1 saturated heterocycles. The number of esters is 1. The Kier molecular flexibility index (Phi) is 26.2. The zero-order valence-electron chi connectivity index (χ0n) is 46.8. The van der Waals surface area contributed by atoms with Gasteiger partial charge in [-0.25, -0.2) is 4.98 Å². The van der Waals surface area contributed by atoms with Crippen molar-refractivity contribution in [1.29, 1.82) is 0 Å². The third-order valence-electron chi connectivity index (χ3n) is 14.8. The van der Waals surface area contributed by atoms with E-state index >= 15 is 0 Å². The number of carboxylic acids is 1. The standard InChI is InChI=1S/C56H87N9O11S/c1-10-36(6)50(62-53(72)45-29-35(5)25-28-63(45)9)55(73)64(11-2)44(34(3)4)32-46(76-38(8)66)54-61-43(33-77-54)52(71)59-41(30-37(7)56(74)75)31-39-19-21-40(22-20-39)58-51(70)42(17-14-15-26-57)60-47(67)18-13-12-16-27-65-48(68)23-24-49(65)69/h19-24,33-37,41-42,44-46,50-51,58,70H,10-18,25-32,57H2,1-9H3,(H,59,71)(H,60,67)(H,62,72)(H,74,75)/t35-,36+,37+,41-,42+,44-,45-,46-,50+,51?/m1/s1. The smallest absolute Gasteiger partial charge is 0.306 e. The van der Waals surface area contributed by atoms with Gasteiger partial charge in [0, 0.05) is 68.2 Å². The maximum Gasteiger partial charge on any atom is 0.306 e. The average molecular weight is 1090 g/mol. The van der Waals surface area contributed by atoms with E-state index in [1.807, 2.05) is 46.6 Å². The van der Waals surface area contributed by atoms with E-state index < -0.39 is 60.3 Å². The summed E-state index contributed by atoms with van der Waals surface area (Å²) in [5, 5.41) is 35.2. The second-order valence-electron chi connectivity index (χ2n) is 21.4. The Hall–Kier alpha value is -5.77. The third-order valence-corrected chi connectivity index (χ3v) is 15.8. The van der Waals surface area contributed by atoms with Gasteiger partial charge in [0.05, 0.1) is 18.0 Å². The SMILES string of the molecule is CC[C@H](C)[C@H](NC(=O)[C@H]1C[C@H](C)CCN1C)C(=O)N(CC)[C@H](C[C@@H](OC(C)=O)c1nc(C(=O)N[C@@H](Cc2ccc(NC(O)[C@H](CCCCN)NC(=O)CCCCCN3C(=O)C=CC3=O)cc2)C[C@H](C)C(=O)O)cs1)C(C)C. The fraction of sp³-hybridized carbons (Fsp3) is 0.661. The molecular formula is C56H87N9O11S. The molecule has 0 saturated carbocycles. The Morgan fingerprint density at radius 1 is 0.935 bits per heavy atom. The number of likely N-dealkylation sites (tertiary alicyclic amines) is 1. The Morgan fingerprint density at radius 2 is 1.62 bits per heavy atom. The number of unbranched alkanes of at least 4 members (excludes halogenated alkanes) is 3. The number of hydrogen-bond acceptors (Lipinski definition) is 15. The molecule has 1 fully saturated rings. The molecule has 2 aliphatic heterocycles. The van der Waals surface area contributed by atoms with Gasteiger partial charge in [0.1, 0.15) is 23.0 Å². The van der Waals surface area contributed by atoms with Crippen LogP contribution < -0.4 is 27.0 Å². The van der Waals surface area contributed by atoms with Crippen LogP contribution in [0.25, 0.3) is 0 Å². The molecule has 0 aliphatic carbocycles. The average Bonchev–Trinajstić information content (AvgIpc) is 4.01. The molecule has 2 aromatic rings. The van der Waals surface area contributed by atoms with E-state index in [0.29, 0.717) is 81.1 Å². The number of thiazole rings is 1. The van der Waals surface area contributed by atoms with Crippen LogP contribution in [0.4, 0.5) is 5.69 Å². The number of anilines is 1. The molecule has 0 spiro atoms. The van der Waals surface area contributed by atoms with Crippen LogP contribution >= 0.6 is 11.3 Å². The zero-order chi connectivity index (χ0) is 56.9. The van der Waals surface area contributed by atoms with Gasteiger partial charge in [-0.2, -0.15) is 0 Å². The minimum Gasteiger partial charge on any atom is -0.481 e. The first-order valence-electron chi connectivity index (χ1n) is 27.6. The summed E-state index contributed by atoms with van der Waals surface area (Å²) in [6, 6.07) is 4.25. The van der Waals surface area contributed by atoms with Crippen LogP contribution in [0, 0.1) is 23.7 Å². The minimum atomic E-state index is -1.16. The van der Waals surface area contributed by atoms with Crippen molar-refractivity contribution in [1.82, 2.24) is 35.6 Å². The first-order chi connectivity index (χ1) is 36.6. The highest BCUT2D eigenvalue weighted by atomic mass is 32.1. The van der Waals surface area contributed by atoms with Crippen molar-refractivity contribution in [3.8, 4) is 0 Å². The number of hydrogen-bond donors (Lipinski definition) is 7. The number of nitrogens with two attached hydrogens (primary N) is 1. The molecule has 6 amide bonds. The number of aliphatic hydroxyl groups excluding tert-OH is 1. The van der Waals surface area contributed by atoms with Crippen molar-refractivity contribution in [3.63, 3.8) is 0 Å². The molecule has 8 N–H and O–H groups in total. The molecule has 0 radical (unpaired) electrons. The number of ether oxygens (including phenoxy) is 1. The number of aliphatic hydroxyl groups is 1. The van der Waals surface area contributed by atoms with Gasteiger partial charge in [0.15, 0.2) is 6.10 Å². The van der Waals surface area contributed by atoms with Gasteiger partial charge in [-0.15, -0.1) is 11.3 Å². The Balaban J connectivity index is 1.44. The predicted octanol–water partition coefficient (Wildman–Crippen LogP) is 5.55. The van der Waals surface area contributed by atoms with E-state index in [1.54, 1.807) is 41.5 Å². The number of likely N-dealkylation sites (N-methyl/N-ethyl adjacent to an activating group) is 2.